The van der Waals surface area contributed by atoms with Crippen LogP contribution in [-0.2, 0) is 5.60 Å². The van der Waals surface area contributed by atoms with Gasteiger partial charge in [-0.1, -0.05) is 0 Å². The Kier molecular flexibility index (Phi) is 3.78. The Balaban J connectivity index is 2.31. The average molecular weight is 251 g/mol. The molecule has 0 unspecified atom stereocenters. The third-order valence-corrected chi connectivity index (χ3v) is 3.70. The van der Waals surface area contributed by atoms with Gasteiger partial charge < -0.3 is 19.5 Å². The molecule has 100 valence electrons. The van der Waals surface area contributed by atoms with Crippen LogP contribution in [0.15, 0.2) is 18.2 Å². The van der Waals surface area contributed by atoms with Crippen molar-refractivity contribution in [3.63, 3.8) is 0 Å². The first-order valence-corrected chi connectivity index (χ1v) is 6.22. The predicted octanol–water partition coefficient (Wildman–Crippen LogP) is 1.62. The van der Waals surface area contributed by atoms with Crippen LogP contribution < -0.4 is 9.47 Å². The van der Waals surface area contributed by atoms with Gasteiger partial charge in [-0.15, -0.1) is 0 Å². The predicted molar refractivity (Wildman–Crippen MR) is 70.2 cm³/mol. The summed E-state index contributed by atoms with van der Waals surface area (Å²) in [5.74, 6) is 1.44. The van der Waals surface area contributed by atoms with Crippen LogP contribution >= 0.6 is 0 Å². The fourth-order valence-electron chi connectivity index (χ4n) is 2.35. The highest BCUT2D eigenvalue weighted by atomic mass is 16.5. The molecule has 0 bridgehead atoms. The number of hydrogen-bond acceptors (Lipinski definition) is 4. The van der Waals surface area contributed by atoms with Gasteiger partial charge in [-0.3, -0.25) is 0 Å². The Hall–Kier alpha value is -1.26. The Bertz CT molecular complexity index is 389. The molecule has 1 aromatic carbocycles. The van der Waals surface area contributed by atoms with Crippen LogP contribution in [0.4, 0.5) is 0 Å². The number of benzene rings is 1. The van der Waals surface area contributed by atoms with E-state index in [4.69, 9.17) is 9.47 Å². The van der Waals surface area contributed by atoms with Gasteiger partial charge in [0.05, 0.1) is 19.8 Å². The molecule has 2 rings (SSSR count). The quantitative estimate of drug-likeness (QED) is 0.886. The van der Waals surface area contributed by atoms with Gasteiger partial charge in [0, 0.05) is 19.2 Å². The number of rotatable bonds is 3. The highest BCUT2D eigenvalue weighted by Gasteiger charge is 2.33. The molecule has 1 fully saturated rings. The van der Waals surface area contributed by atoms with E-state index in [1.165, 1.54) is 0 Å². The summed E-state index contributed by atoms with van der Waals surface area (Å²) in [6.07, 6.45) is 1.47. The Morgan fingerprint density at radius 1 is 1.06 bits per heavy atom. The molecule has 1 saturated heterocycles. The summed E-state index contributed by atoms with van der Waals surface area (Å²) in [5.41, 5.74) is 0.112. The molecule has 1 heterocycles. The third kappa shape index (κ3) is 2.60. The third-order valence-electron chi connectivity index (χ3n) is 3.70. The van der Waals surface area contributed by atoms with Crippen molar-refractivity contribution in [3.8, 4) is 11.5 Å². The molecule has 0 saturated carbocycles. The lowest BCUT2D eigenvalue weighted by Gasteiger charge is -2.37. The molecule has 1 aliphatic heterocycles. The lowest BCUT2D eigenvalue weighted by molar-refractivity contribution is -0.0205. The van der Waals surface area contributed by atoms with Crippen LogP contribution in [0.25, 0.3) is 0 Å². The summed E-state index contributed by atoms with van der Waals surface area (Å²) in [6.45, 7) is 1.80. The van der Waals surface area contributed by atoms with Crippen LogP contribution in [0.5, 0.6) is 11.5 Å². The zero-order valence-electron chi connectivity index (χ0n) is 11.3. The van der Waals surface area contributed by atoms with E-state index in [0.717, 1.165) is 43.0 Å². The molecule has 0 aliphatic carbocycles. The second-order valence-electron chi connectivity index (χ2n) is 4.94. The summed E-state index contributed by atoms with van der Waals surface area (Å²) in [6, 6.07) is 5.61. The summed E-state index contributed by atoms with van der Waals surface area (Å²) >= 11 is 0. The summed E-state index contributed by atoms with van der Waals surface area (Å²) in [7, 11) is 5.32. The minimum Gasteiger partial charge on any atom is -0.497 e. The van der Waals surface area contributed by atoms with Crippen molar-refractivity contribution in [2.45, 2.75) is 18.4 Å². The molecule has 1 aliphatic rings. The monoisotopic (exact) mass is 251 g/mol. The van der Waals surface area contributed by atoms with Crippen molar-refractivity contribution in [2.24, 2.45) is 0 Å². The fraction of sp³-hybridized carbons (Fsp3) is 0.571. The Morgan fingerprint density at radius 3 is 2.00 bits per heavy atom. The topological polar surface area (TPSA) is 41.9 Å². The maximum absolute atomic E-state index is 10.8. The smallest absolute Gasteiger partial charge is 0.122 e. The molecular formula is C14H21NO3. The number of methoxy groups -OCH3 is 2. The zero-order chi connectivity index (χ0) is 13.2. The normalized spacial score (nSPS) is 19.6. The number of piperidine rings is 1. The average Bonchev–Trinajstić information content (AvgIpc) is 2.41. The standard InChI is InChI=1S/C14H21NO3/c1-15-6-4-14(16,5-7-15)11-8-12(17-2)10-13(9-11)18-3/h8-10,16H,4-7H2,1-3H3. The van der Waals surface area contributed by atoms with E-state index in [1.807, 2.05) is 18.2 Å². The van der Waals surface area contributed by atoms with E-state index < -0.39 is 5.60 Å². The molecule has 4 nitrogen and oxygen atoms in total. The summed E-state index contributed by atoms with van der Waals surface area (Å²) in [5, 5.41) is 10.8. The molecule has 0 atom stereocenters. The van der Waals surface area contributed by atoms with Gasteiger partial charge in [0.1, 0.15) is 11.5 Å². The van der Waals surface area contributed by atoms with Crippen LogP contribution in [0, 0.1) is 0 Å². The first-order chi connectivity index (χ1) is 8.57. The first kappa shape index (κ1) is 13.2. The van der Waals surface area contributed by atoms with E-state index in [0.29, 0.717) is 0 Å². The van der Waals surface area contributed by atoms with Gasteiger partial charge in [-0.25, -0.2) is 0 Å². The van der Waals surface area contributed by atoms with Crippen molar-refractivity contribution in [1.29, 1.82) is 0 Å². The van der Waals surface area contributed by atoms with E-state index in [1.54, 1.807) is 14.2 Å². The highest BCUT2D eigenvalue weighted by molar-refractivity contribution is 5.41. The zero-order valence-corrected chi connectivity index (χ0v) is 11.3. The number of nitrogens with zero attached hydrogens (tertiary/aromatic N) is 1. The van der Waals surface area contributed by atoms with Gasteiger partial charge in [0.2, 0.25) is 0 Å². The van der Waals surface area contributed by atoms with Crippen molar-refractivity contribution < 1.29 is 14.6 Å². The maximum Gasteiger partial charge on any atom is 0.122 e. The van der Waals surface area contributed by atoms with Gasteiger partial charge in [0.25, 0.3) is 0 Å². The van der Waals surface area contributed by atoms with Gasteiger partial charge in [0.15, 0.2) is 0 Å². The number of aliphatic hydroxyl groups is 1. The van der Waals surface area contributed by atoms with Crippen LogP contribution in [-0.4, -0.2) is 44.4 Å². The Labute approximate surface area is 108 Å². The number of hydrogen-bond donors (Lipinski definition) is 1. The van der Waals surface area contributed by atoms with E-state index in [-0.39, 0.29) is 0 Å². The van der Waals surface area contributed by atoms with E-state index >= 15 is 0 Å². The first-order valence-electron chi connectivity index (χ1n) is 6.22. The fourth-order valence-corrected chi connectivity index (χ4v) is 2.35. The molecule has 18 heavy (non-hydrogen) atoms. The summed E-state index contributed by atoms with van der Waals surface area (Å²) < 4.78 is 10.5. The van der Waals surface area contributed by atoms with Gasteiger partial charge in [-0.2, -0.15) is 0 Å². The van der Waals surface area contributed by atoms with E-state index in [2.05, 4.69) is 11.9 Å². The van der Waals surface area contributed by atoms with Gasteiger partial charge in [-0.05, 0) is 37.6 Å². The SMILES string of the molecule is COc1cc(OC)cc(C2(O)CCN(C)CC2)c1. The molecule has 0 aromatic heterocycles. The lowest BCUT2D eigenvalue weighted by atomic mass is 9.84. The minimum atomic E-state index is -0.770. The van der Waals surface area contributed by atoms with Crippen molar-refractivity contribution >= 4 is 0 Å². The minimum absolute atomic E-state index is 0.719. The maximum atomic E-state index is 10.8. The second-order valence-corrected chi connectivity index (χ2v) is 4.94. The Morgan fingerprint density at radius 2 is 1.56 bits per heavy atom. The lowest BCUT2D eigenvalue weighted by Crippen LogP contribution is -2.40. The van der Waals surface area contributed by atoms with Gasteiger partial charge >= 0.3 is 0 Å². The molecule has 0 radical (unpaired) electrons. The number of ether oxygens (including phenoxy) is 2. The number of likely N-dealkylation sites (tertiary alicyclic amines) is 1. The van der Waals surface area contributed by atoms with Crippen LogP contribution in [0.1, 0.15) is 18.4 Å². The van der Waals surface area contributed by atoms with Crippen LogP contribution in [0.2, 0.25) is 0 Å². The van der Waals surface area contributed by atoms with Crippen LogP contribution in [0.3, 0.4) is 0 Å². The van der Waals surface area contributed by atoms with Crippen molar-refractivity contribution in [3.05, 3.63) is 23.8 Å². The van der Waals surface area contributed by atoms with Crippen molar-refractivity contribution in [2.75, 3.05) is 34.4 Å². The molecule has 4 heteroatoms. The molecule has 1 aromatic rings. The van der Waals surface area contributed by atoms with E-state index in [9.17, 15) is 5.11 Å². The largest absolute Gasteiger partial charge is 0.497 e. The second kappa shape index (κ2) is 5.16. The summed E-state index contributed by atoms with van der Waals surface area (Å²) in [4.78, 5) is 2.23. The highest BCUT2D eigenvalue weighted by Crippen LogP contribution is 2.36. The molecule has 0 amide bonds. The molecule has 1 N–H and O–H groups in total. The molecule has 0 spiro atoms. The van der Waals surface area contributed by atoms with Crippen molar-refractivity contribution in [1.82, 2.24) is 4.90 Å². The molecular weight excluding hydrogens is 230 g/mol.